The van der Waals surface area contributed by atoms with E-state index in [-0.39, 0.29) is 31.3 Å². The number of esters is 1. The van der Waals surface area contributed by atoms with Gasteiger partial charge >= 0.3 is 18.2 Å². The number of rotatable bonds is 11. The molecule has 3 fully saturated rings. The van der Waals surface area contributed by atoms with E-state index in [9.17, 15) is 41.9 Å². The van der Waals surface area contributed by atoms with E-state index in [1.165, 1.54) is 4.90 Å². The molecule has 4 amide bonds. The van der Waals surface area contributed by atoms with Crippen molar-refractivity contribution in [3.63, 3.8) is 0 Å². The number of Topliss-reactive ketones (excluding diaryl/α,β-unsaturated/α-hetero) is 1. The van der Waals surface area contributed by atoms with Crippen molar-refractivity contribution in [3.8, 4) is 0 Å². The van der Waals surface area contributed by atoms with Crippen LogP contribution in [0.15, 0.2) is 0 Å². The number of hydrogen-bond acceptors (Lipinski definition) is 8. The van der Waals surface area contributed by atoms with Crippen LogP contribution in [0.4, 0.5) is 18.0 Å². The van der Waals surface area contributed by atoms with Crippen molar-refractivity contribution in [2.75, 3.05) is 13.1 Å². The zero-order chi connectivity index (χ0) is 36.4. The summed E-state index contributed by atoms with van der Waals surface area (Å²) in [5.74, 6) is -5.97. The third-order valence-electron chi connectivity index (χ3n) is 9.15. The maximum absolute atomic E-state index is 14.2. The number of amides is 4. The molecule has 0 radical (unpaired) electrons. The smallest absolute Gasteiger partial charge is 0.408 e. The second-order valence-electron chi connectivity index (χ2n) is 15.7. The Morgan fingerprint density at radius 2 is 1.46 bits per heavy atom. The Bertz CT molecular complexity index is 1250. The molecule has 15 heteroatoms. The van der Waals surface area contributed by atoms with E-state index in [0.717, 1.165) is 19.3 Å². The predicted octanol–water partition coefficient (Wildman–Crippen LogP) is 3.80. The molecule has 1 heterocycles. The third-order valence-corrected chi connectivity index (χ3v) is 9.15. The number of nitrogens with zero attached hydrogens (tertiary/aromatic N) is 1. The summed E-state index contributed by atoms with van der Waals surface area (Å²) < 4.78 is 51.4. The second-order valence-corrected chi connectivity index (χ2v) is 15.7. The summed E-state index contributed by atoms with van der Waals surface area (Å²) in [6, 6.07) is -4.53. The van der Waals surface area contributed by atoms with Crippen LogP contribution in [0.1, 0.15) is 100 Å². The number of carbonyl (C=O) groups excluding carboxylic acids is 6. The van der Waals surface area contributed by atoms with Gasteiger partial charge in [0.2, 0.25) is 17.6 Å². The summed E-state index contributed by atoms with van der Waals surface area (Å²) in [5.41, 5.74) is -2.06. The first-order chi connectivity index (χ1) is 21.9. The van der Waals surface area contributed by atoms with Gasteiger partial charge in [-0.2, -0.15) is 13.2 Å². The Balaban J connectivity index is 1.80. The number of alkyl carbamates (subject to hydrolysis) is 1. The largest absolute Gasteiger partial charge is 0.460 e. The summed E-state index contributed by atoms with van der Waals surface area (Å²) in [7, 11) is 0. The number of ether oxygens (including phenoxy) is 2. The van der Waals surface area contributed by atoms with Gasteiger partial charge in [-0.05, 0) is 77.6 Å². The zero-order valence-corrected chi connectivity index (χ0v) is 29.2. The number of likely N-dealkylation sites (tertiary alicyclic amines) is 1. The van der Waals surface area contributed by atoms with E-state index in [1.54, 1.807) is 41.5 Å². The number of ketones is 1. The minimum atomic E-state index is -4.93. The lowest BCUT2D eigenvalue weighted by molar-refractivity contribution is -0.155. The topological polar surface area (TPSA) is 160 Å². The van der Waals surface area contributed by atoms with Gasteiger partial charge in [0.15, 0.2) is 0 Å². The summed E-state index contributed by atoms with van der Waals surface area (Å²) in [6.45, 7) is 13.5. The van der Waals surface area contributed by atoms with Gasteiger partial charge in [-0.25, -0.2) is 4.79 Å². The quantitative estimate of drug-likeness (QED) is 0.218. The van der Waals surface area contributed by atoms with Crippen molar-refractivity contribution in [1.82, 2.24) is 20.9 Å². The van der Waals surface area contributed by atoms with E-state index < -0.39 is 88.8 Å². The summed E-state index contributed by atoms with van der Waals surface area (Å²) in [5, 5.41) is 6.96. The monoisotopic (exact) mass is 688 g/mol. The molecule has 1 saturated heterocycles. The highest BCUT2D eigenvalue weighted by Gasteiger charge is 2.70. The average molecular weight is 689 g/mol. The van der Waals surface area contributed by atoms with Gasteiger partial charge < -0.3 is 30.3 Å². The van der Waals surface area contributed by atoms with Gasteiger partial charge in [0.25, 0.3) is 5.91 Å². The Labute approximate surface area is 280 Å². The predicted molar refractivity (Wildman–Crippen MR) is 167 cm³/mol. The van der Waals surface area contributed by atoms with Crippen LogP contribution in [-0.2, 0) is 33.4 Å². The lowest BCUT2D eigenvalue weighted by Crippen LogP contribution is -2.60. The standard InChI is InChI=1S/C33H51F3N4O8/c1-30(2,3)47-21(41)14-15-37-27(44)25(42)20(16-33(34,35)36)38-26(43)24-22-19(32(22,7)8)17-40(24)28(45)23(18-12-10-9-11-13-18)39-29(46)48-31(4,5)6/h18-20,22-24H,9-17H2,1-8H3,(H,37,44)(H,38,43)(H,39,46)/t19?,20?,22?,23-,24-/m0/s1. The first-order valence-electron chi connectivity index (χ1n) is 16.6. The van der Waals surface area contributed by atoms with E-state index in [0.29, 0.717) is 12.8 Å². The van der Waals surface area contributed by atoms with Crippen molar-refractivity contribution < 1.29 is 51.4 Å². The van der Waals surface area contributed by atoms with Crippen molar-refractivity contribution in [1.29, 1.82) is 0 Å². The molecule has 3 aliphatic rings. The molecule has 0 bridgehead atoms. The molecule has 1 aliphatic heterocycles. The second kappa shape index (κ2) is 14.6. The van der Waals surface area contributed by atoms with Crippen LogP contribution in [0.5, 0.6) is 0 Å². The van der Waals surface area contributed by atoms with E-state index in [2.05, 4.69) is 16.0 Å². The fraction of sp³-hybridized carbons (Fsp3) is 0.818. The van der Waals surface area contributed by atoms with Gasteiger partial charge in [-0.15, -0.1) is 0 Å². The van der Waals surface area contributed by atoms with Crippen LogP contribution in [0.25, 0.3) is 0 Å². The first-order valence-corrected chi connectivity index (χ1v) is 16.6. The molecule has 3 unspecified atom stereocenters. The molecule has 2 aliphatic carbocycles. The van der Waals surface area contributed by atoms with E-state index in [1.807, 2.05) is 13.8 Å². The Kier molecular flexibility index (Phi) is 11.9. The maximum atomic E-state index is 14.2. The number of piperidine rings is 1. The van der Waals surface area contributed by atoms with Gasteiger partial charge in [0.1, 0.15) is 29.3 Å². The zero-order valence-electron chi connectivity index (χ0n) is 29.2. The van der Waals surface area contributed by atoms with E-state index >= 15 is 0 Å². The third kappa shape index (κ3) is 10.6. The summed E-state index contributed by atoms with van der Waals surface area (Å²) >= 11 is 0. The number of halogens is 3. The van der Waals surface area contributed by atoms with Crippen molar-refractivity contribution in [2.45, 2.75) is 136 Å². The van der Waals surface area contributed by atoms with Gasteiger partial charge in [-0.1, -0.05) is 33.1 Å². The molecule has 0 aromatic rings. The number of fused-ring (bicyclic) bond motifs is 1. The number of alkyl halides is 3. The Hall–Kier alpha value is -3.39. The van der Waals surface area contributed by atoms with Crippen LogP contribution in [-0.4, -0.2) is 89.1 Å². The molecule has 0 aromatic heterocycles. The lowest BCUT2D eigenvalue weighted by Gasteiger charge is -2.37. The molecule has 2 saturated carbocycles. The first kappa shape index (κ1) is 39.1. The molecule has 3 rings (SSSR count). The SMILES string of the molecule is CC(C)(C)OC(=O)CCNC(=O)C(=O)C(CC(F)(F)F)NC(=O)[C@@H]1C2C(CN1C(=O)[C@@H](NC(=O)OC(C)(C)C)C1CCCCC1)C2(C)C. The van der Waals surface area contributed by atoms with Gasteiger partial charge in [0.05, 0.1) is 12.8 Å². The molecule has 5 atom stereocenters. The summed E-state index contributed by atoms with van der Waals surface area (Å²) in [6.07, 6.45) is -3.92. The molecular formula is C33H51F3N4O8. The van der Waals surface area contributed by atoms with Crippen molar-refractivity contribution >= 4 is 35.6 Å². The van der Waals surface area contributed by atoms with Crippen LogP contribution < -0.4 is 16.0 Å². The molecule has 3 N–H and O–H groups in total. The molecule has 272 valence electrons. The Morgan fingerprint density at radius 1 is 0.875 bits per heavy atom. The number of carbonyl (C=O) groups is 6. The average Bonchev–Trinajstić information content (AvgIpc) is 3.24. The summed E-state index contributed by atoms with van der Waals surface area (Å²) in [4.78, 5) is 79.6. The van der Waals surface area contributed by atoms with Crippen LogP contribution in [0.3, 0.4) is 0 Å². The number of nitrogens with one attached hydrogen (secondary N) is 3. The van der Waals surface area contributed by atoms with Gasteiger partial charge in [-0.3, -0.25) is 24.0 Å². The Morgan fingerprint density at radius 3 is 2.00 bits per heavy atom. The minimum Gasteiger partial charge on any atom is -0.460 e. The van der Waals surface area contributed by atoms with Gasteiger partial charge in [0, 0.05) is 13.1 Å². The molecule has 12 nitrogen and oxygen atoms in total. The highest BCUT2D eigenvalue weighted by molar-refractivity contribution is 6.38. The molecule has 48 heavy (non-hydrogen) atoms. The van der Waals surface area contributed by atoms with E-state index in [4.69, 9.17) is 9.47 Å². The highest BCUT2D eigenvalue weighted by atomic mass is 19.4. The fourth-order valence-corrected chi connectivity index (χ4v) is 6.89. The maximum Gasteiger partial charge on any atom is 0.408 e. The van der Waals surface area contributed by atoms with Crippen molar-refractivity contribution in [2.24, 2.45) is 23.2 Å². The van der Waals surface area contributed by atoms with Crippen LogP contribution >= 0.6 is 0 Å². The molecule has 0 aromatic carbocycles. The lowest BCUT2D eigenvalue weighted by atomic mass is 9.83. The minimum absolute atomic E-state index is 0.136. The normalized spacial score (nSPS) is 23.6. The molecular weight excluding hydrogens is 637 g/mol. The molecule has 0 spiro atoms. The fourth-order valence-electron chi connectivity index (χ4n) is 6.89. The number of hydrogen-bond donors (Lipinski definition) is 3. The highest BCUT2D eigenvalue weighted by Crippen LogP contribution is 2.65. The van der Waals surface area contributed by atoms with Crippen molar-refractivity contribution in [3.05, 3.63) is 0 Å². The van der Waals surface area contributed by atoms with Crippen LogP contribution in [0, 0.1) is 23.2 Å². The van der Waals surface area contributed by atoms with Crippen LogP contribution in [0.2, 0.25) is 0 Å².